The summed E-state index contributed by atoms with van der Waals surface area (Å²) in [6.45, 7) is 9.68. The van der Waals surface area contributed by atoms with Crippen molar-refractivity contribution in [2.45, 2.75) is 39.4 Å². The van der Waals surface area contributed by atoms with Crippen LogP contribution in [-0.4, -0.2) is 72.9 Å². The van der Waals surface area contributed by atoms with Gasteiger partial charge in [0.2, 0.25) is 5.91 Å². The molecule has 1 aromatic rings. The SMILES string of the molecule is COCCN1CC2(CCN(Cc3ccc(C)c(C)c3)CC2)C1=O.O=C(O)C(F)(F)F. The van der Waals surface area contributed by atoms with Crippen LogP contribution in [0.1, 0.15) is 29.5 Å². The summed E-state index contributed by atoms with van der Waals surface area (Å²) in [7, 11) is 1.69. The van der Waals surface area contributed by atoms with Crippen LogP contribution >= 0.6 is 0 Å². The van der Waals surface area contributed by atoms with Crippen molar-refractivity contribution in [2.24, 2.45) is 5.41 Å². The third-order valence-corrected chi connectivity index (χ3v) is 5.83. The summed E-state index contributed by atoms with van der Waals surface area (Å²) in [5.41, 5.74) is 4.03. The first-order valence-corrected chi connectivity index (χ1v) is 9.85. The van der Waals surface area contributed by atoms with Gasteiger partial charge in [-0.25, -0.2) is 4.79 Å². The number of halogens is 3. The maximum atomic E-state index is 12.4. The number of hydrogen-bond acceptors (Lipinski definition) is 4. The molecular weight excluding hydrogens is 401 g/mol. The lowest BCUT2D eigenvalue weighted by Gasteiger charge is -2.52. The fraction of sp³-hybridized carbons (Fsp3) is 0.619. The summed E-state index contributed by atoms with van der Waals surface area (Å²) < 4.78 is 36.8. The highest BCUT2D eigenvalue weighted by atomic mass is 19.4. The van der Waals surface area contributed by atoms with Crippen molar-refractivity contribution >= 4 is 11.9 Å². The maximum absolute atomic E-state index is 12.4. The Kier molecular flexibility index (Phi) is 7.87. The second kappa shape index (κ2) is 9.78. The highest BCUT2D eigenvalue weighted by molar-refractivity contribution is 5.89. The van der Waals surface area contributed by atoms with Crippen molar-refractivity contribution in [3.8, 4) is 0 Å². The Hall–Kier alpha value is -2.13. The average Bonchev–Trinajstić information content (AvgIpc) is 2.68. The molecule has 9 heteroatoms. The number of carboxylic acid groups (broad SMARTS) is 1. The highest BCUT2D eigenvalue weighted by Gasteiger charge is 2.52. The summed E-state index contributed by atoms with van der Waals surface area (Å²) in [5, 5.41) is 7.12. The Balaban J connectivity index is 0.000000396. The molecule has 30 heavy (non-hydrogen) atoms. The number of likely N-dealkylation sites (tertiary alicyclic amines) is 2. The van der Waals surface area contributed by atoms with Crippen LogP contribution in [0.25, 0.3) is 0 Å². The van der Waals surface area contributed by atoms with E-state index in [0.717, 1.165) is 45.6 Å². The Bertz CT molecular complexity index is 759. The van der Waals surface area contributed by atoms with Crippen molar-refractivity contribution < 1.29 is 32.6 Å². The van der Waals surface area contributed by atoms with Gasteiger partial charge in [-0.05, 0) is 56.5 Å². The number of aryl methyl sites for hydroxylation is 2. The molecule has 2 aliphatic rings. The standard InChI is InChI=1S/C19H28N2O2.C2HF3O2/c1-15-4-5-17(12-16(15)2)13-20-8-6-19(7-9-20)14-21(18(19)22)10-11-23-3;3-2(4,5)1(6)7/h4-5,12H,6-11,13-14H2,1-3H3;(H,6,7). The van der Waals surface area contributed by atoms with Crippen LogP contribution in [0.15, 0.2) is 18.2 Å². The lowest BCUT2D eigenvalue weighted by molar-refractivity contribution is -0.192. The Morgan fingerprint density at radius 1 is 1.20 bits per heavy atom. The normalized spacial score (nSPS) is 18.6. The van der Waals surface area contributed by atoms with E-state index in [2.05, 4.69) is 36.9 Å². The van der Waals surface area contributed by atoms with Gasteiger partial charge in [0, 0.05) is 26.7 Å². The quantitative estimate of drug-likeness (QED) is 0.728. The van der Waals surface area contributed by atoms with Gasteiger partial charge in [-0.1, -0.05) is 18.2 Å². The molecular formula is C21H29F3N2O4. The summed E-state index contributed by atoms with van der Waals surface area (Å²) in [6, 6.07) is 6.73. The summed E-state index contributed by atoms with van der Waals surface area (Å²) in [4.78, 5) is 25.8. The van der Waals surface area contributed by atoms with E-state index < -0.39 is 12.1 Å². The molecule has 0 aromatic heterocycles. The van der Waals surface area contributed by atoms with E-state index in [0.29, 0.717) is 12.5 Å². The van der Waals surface area contributed by atoms with Gasteiger partial charge in [-0.3, -0.25) is 9.69 Å². The van der Waals surface area contributed by atoms with Crippen molar-refractivity contribution in [3.05, 3.63) is 34.9 Å². The topological polar surface area (TPSA) is 70.1 Å². The van der Waals surface area contributed by atoms with E-state index in [-0.39, 0.29) is 5.41 Å². The average molecular weight is 430 g/mol. The largest absolute Gasteiger partial charge is 0.490 e. The zero-order valence-corrected chi connectivity index (χ0v) is 17.6. The monoisotopic (exact) mass is 430 g/mol. The van der Waals surface area contributed by atoms with Crippen molar-refractivity contribution in [2.75, 3.05) is 39.9 Å². The van der Waals surface area contributed by atoms with E-state index in [1.165, 1.54) is 16.7 Å². The van der Waals surface area contributed by atoms with Gasteiger partial charge in [0.05, 0.1) is 12.0 Å². The fourth-order valence-electron chi connectivity index (χ4n) is 3.80. The number of aliphatic carboxylic acids is 1. The number of piperidine rings is 1. The van der Waals surface area contributed by atoms with Gasteiger partial charge in [-0.2, -0.15) is 13.2 Å². The Morgan fingerprint density at radius 2 is 1.80 bits per heavy atom. The number of alkyl halides is 3. The zero-order chi connectivity index (χ0) is 22.5. The molecule has 1 spiro atoms. The molecule has 0 bridgehead atoms. The lowest BCUT2D eigenvalue weighted by Crippen LogP contribution is -2.65. The molecule has 0 radical (unpaired) electrons. The molecule has 2 aliphatic heterocycles. The summed E-state index contributed by atoms with van der Waals surface area (Å²) >= 11 is 0. The molecule has 1 aromatic carbocycles. The molecule has 2 heterocycles. The molecule has 168 valence electrons. The molecule has 0 saturated carbocycles. The molecule has 3 rings (SSSR count). The Morgan fingerprint density at radius 3 is 2.27 bits per heavy atom. The van der Waals surface area contributed by atoms with Crippen molar-refractivity contribution in [3.63, 3.8) is 0 Å². The second-order valence-corrected chi connectivity index (χ2v) is 8.00. The predicted molar refractivity (Wildman–Crippen MR) is 105 cm³/mol. The third-order valence-electron chi connectivity index (χ3n) is 5.83. The first kappa shape index (κ1) is 24.1. The van der Waals surface area contributed by atoms with Crippen LogP contribution in [-0.2, 0) is 20.9 Å². The highest BCUT2D eigenvalue weighted by Crippen LogP contribution is 2.41. The van der Waals surface area contributed by atoms with Crippen LogP contribution in [0.4, 0.5) is 13.2 Å². The molecule has 6 nitrogen and oxygen atoms in total. The number of methoxy groups -OCH3 is 1. The number of carboxylic acids is 1. The first-order chi connectivity index (χ1) is 14.0. The molecule has 0 atom stereocenters. The number of carbonyl (C=O) groups is 2. The number of hydrogen-bond donors (Lipinski definition) is 1. The van der Waals surface area contributed by atoms with Gasteiger partial charge in [0.15, 0.2) is 0 Å². The maximum Gasteiger partial charge on any atom is 0.490 e. The molecule has 0 unspecified atom stereocenters. The van der Waals surface area contributed by atoms with Gasteiger partial charge in [0.1, 0.15) is 0 Å². The second-order valence-electron chi connectivity index (χ2n) is 8.00. The van der Waals surface area contributed by atoms with E-state index in [1.54, 1.807) is 7.11 Å². The van der Waals surface area contributed by atoms with E-state index in [1.807, 2.05) is 4.90 Å². The minimum atomic E-state index is -5.08. The number of benzene rings is 1. The number of β-lactam (4-membered cyclic amide) rings is 1. The van der Waals surface area contributed by atoms with E-state index in [9.17, 15) is 18.0 Å². The smallest absolute Gasteiger partial charge is 0.475 e. The number of nitrogens with zero attached hydrogens (tertiary/aromatic N) is 2. The minimum Gasteiger partial charge on any atom is -0.475 e. The third kappa shape index (κ3) is 5.95. The van der Waals surface area contributed by atoms with Gasteiger partial charge in [-0.15, -0.1) is 0 Å². The number of ether oxygens (including phenoxy) is 1. The molecule has 0 aliphatic carbocycles. The number of rotatable bonds is 5. The molecule has 1 amide bonds. The zero-order valence-electron chi connectivity index (χ0n) is 17.6. The van der Waals surface area contributed by atoms with Crippen molar-refractivity contribution in [1.29, 1.82) is 0 Å². The van der Waals surface area contributed by atoms with Gasteiger partial charge < -0.3 is 14.7 Å². The fourth-order valence-corrected chi connectivity index (χ4v) is 3.80. The lowest BCUT2D eigenvalue weighted by atomic mass is 9.71. The van der Waals surface area contributed by atoms with Crippen LogP contribution < -0.4 is 0 Å². The van der Waals surface area contributed by atoms with E-state index >= 15 is 0 Å². The summed E-state index contributed by atoms with van der Waals surface area (Å²) in [6.07, 6.45) is -3.08. The molecule has 2 fully saturated rings. The van der Waals surface area contributed by atoms with Gasteiger partial charge in [0.25, 0.3) is 0 Å². The number of carbonyl (C=O) groups excluding carboxylic acids is 1. The van der Waals surface area contributed by atoms with Crippen LogP contribution in [0, 0.1) is 19.3 Å². The molecule has 1 N–H and O–H groups in total. The van der Waals surface area contributed by atoms with Crippen LogP contribution in [0.5, 0.6) is 0 Å². The number of amides is 1. The summed E-state index contributed by atoms with van der Waals surface area (Å²) in [5.74, 6) is -2.41. The molecule has 2 saturated heterocycles. The van der Waals surface area contributed by atoms with Crippen LogP contribution in [0.2, 0.25) is 0 Å². The minimum absolute atomic E-state index is 0.0621. The van der Waals surface area contributed by atoms with Crippen molar-refractivity contribution in [1.82, 2.24) is 9.80 Å². The van der Waals surface area contributed by atoms with Crippen LogP contribution in [0.3, 0.4) is 0 Å². The van der Waals surface area contributed by atoms with E-state index in [4.69, 9.17) is 14.6 Å². The first-order valence-electron chi connectivity index (χ1n) is 9.85. The van der Waals surface area contributed by atoms with Gasteiger partial charge >= 0.3 is 12.1 Å². The predicted octanol–water partition coefficient (Wildman–Crippen LogP) is 3.01. The Labute approximate surface area is 174 Å².